The topological polar surface area (TPSA) is 33.5 Å². The number of likely N-dealkylation sites (N-methyl/N-ethyl adjacent to an activating group) is 1. The molecule has 0 aliphatic heterocycles. The number of hydrogen-bond donors (Lipinski definition) is 2. The van der Waals surface area contributed by atoms with Gasteiger partial charge in [-0.1, -0.05) is 18.6 Å². The number of rotatable bonds is 5. The van der Waals surface area contributed by atoms with Crippen molar-refractivity contribution in [2.45, 2.75) is 45.1 Å². The first-order valence-electron chi connectivity index (χ1n) is 7.59. The van der Waals surface area contributed by atoms with Gasteiger partial charge in [0, 0.05) is 0 Å². The molecule has 1 atom stereocenters. The van der Waals surface area contributed by atoms with Gasteiger partial charge in [0.15, 0.2) is 6.54 Å². The zero-order valence-electron chi connectivity index (χ0n) is 12.1. The van der Waals surface area contributed by atoms with Gasteiger partial charge in [0.2, 0.25) is 0 Å². The van der Waals surface area contributed by atoms with Crippen LogP contribution >= 0.6 is 0 Å². The Morgan fingerprint density at radius 2 is 2.00 bits per heavy atom. The third kappa shape index (κ3) is 4.04. The summed E-state index contributed by atoms with van der Waals surface area (Å²) >= 11 is 0. The van der Waals surface area contributed by atoms with E-state index in [-0.39, 0.29) is 17.4 Å². The number of quaternary nitrogens is 1. The van der Waals surface area contributed by atoms with Gasteiger partial charge in [0.25, 0.3) is 5.91 Å². The molecule has 1 aliphatic carbocycles. The Morgan fingerprint density at radius 1 is 1.30 bits per heavy atom. The van der Waals surface area contributed by atoms with Crippen LogP contribution in [0, 0.1) is 5.82 Å². The van der Waals surface area contributed by atoms with E-state index in [9.17, 15) is 9.18 Å². The van der Waals surface area contributed by atoms with Crippen molar-refractivity contribution in [1.29, 1.82) is 0 Å². The highest BCUT2D eigenvalue weighted by molar-refractivity contribution is 5.91. The standard InChI is InChI=1S/C16H23FN2O/c1-2-19(13-8-4-3-5-9-13)12-16(20)18-15-11-7-6-10-14(15)17/h6-7,10-11,13H,2-5,8-9,12H2,1H3,(H,18,20)/p+1. The van der Waals surface area contributed by atoms with Crippen LogP contribution in [0.25, 0.3) is 0 Å². The summed E-state index contributed by atoms with van der Waals surface area (Å²) in [4.78, 5) is 13.4. The molecule has 2 rings (SSSR count). The summed E-state index contributed by atoms with van der Waals surface area (Å²) in [5.41, 5.74) is 0.275. The number of carbonyl (C=O) groups excluding carboxylic acids is 1. The molecule has 1 fully saturated rings. The fourth-order valence-electron chi connectivity index (χ4n) is 3.03. The average Bonchev–Trinajstić information content (AvgIpc) is 2.48. The van der Waals surface area contributed by atoms with E-state index in [1.807, 2.05) is 0 Å². The number of benzene rings is 1. The summed E-state index contributed by atoms with van der Waals surface area (Å²) in [7, 11) is 0. The van der Waals surface area contributed by atoms with Crippen LogP contribution in [0.4, 0.5) is 10.1 Å². The number of carbonyl (C=O) groups is 1. The maximum atomic E-state index is 13.5. The molecule has 1 saturated carbocycles. The summed E-state index contributed by atoms with van der Waals surface area (Å²) in [6, 6.07) is 6.89. The van der Waals surface area contributed by atoms with E-state index in [1.165, 1.54) is 43.1 Å². The summed E-state index contributed by atoms with van der Waals surface area (Å²) in [5.74, 6) is -0.478. The maximum Gasteiger partial charge on any atom is 0.279 e. The van der Waals surface area contributed by atoms with Crippen molar-refractivity contribution in [2.75, 3.05) is 18.4 Å². The quantitative estimate of drug-likeness (QED) is 0.849. The van der Waals surface area contributed by atoms with Crippen molar-refractivity contribution >= 4 is 11.6 Å². The monoisotopic (exact) mass is 279 g/mol. The van der Waals surface area contributed by atoms with Gasteiger partial charge in [0.1, 0.15) is 5.82 Å². The SMILES string of the molecule is CC[NH+](CC(=O)Nc1ccccc1F)C1CCCCC1. The third-order valence-electron chi connectivity index (χ3n) is 4.17. The van der Waals surface area contributed by atoms with Crippen molar-refractivity contribution in [2.24, 2.45) is 0 Å². The second-order valence-corrected chi connectivity index (χ2v) is 5.55. The molecule has 110 valence electrons. The van der Waals surface area contributed by atoms with E-state index in [2.05, 4.69) is 12.2 Å². The molecule has 0 bridgehead atoms. The molecule has 1 aromatic carbocycles. The molecular weight excluding hydrogens is 255 g/mol. The van der Waals surface area contributed by atoms with Crippen molar-refractivity contribution < 1.29 is 14.1 Å². The molecule has 1 unspecified atom stereocenters. The van der Waals surface area contributed by atoms with E-state index >= 15 is 0 Å². The van der Waals surface area contributed by atoms with Gasteiger partial charge < -0.3 is 10.2 Å². The fourth-order valence-corrected chi connectivity index (χ4v) is 3.03. The summed E-state index contributed by atoms with van der Waals surface area (Å²) in [5, 5.41) is 2.68. The number of hydrogen-bond acceptors (Lipinski definition) is 1. The Balaban J connectivity index is 1.90. The predicted molar refractivity (Wildman–Crippen MR) is 78.3 cm³/mol. The predicted octanol–water partition coefficient (Wildman–Crippen LogP) is 2.00. The van der Waals surface area contributed by atoms with Gasteiger partial charge in [-0.2, -0.15) is 0 Å². The Morgan fingerprint density at radius 3 is 2.65 bits per heavy atom. The molecule has 1 aliphatic rings. The second-order valence-electron chi connectivity index (χ2n) is 5.55. The van der Waals surface area contributed by atoms with Crippen LogP contribution < -0.4 is 10.2 Å². The number of anilines is 1. The maximum absolute atomic E-state index is 13.5. The van der Waals surface area contributed by atoms with E-state index in [4.69, 9.17) is 0 Å². The van der Waals surface area contributed by atoms with E-state index in [0.717, 1.165) is 6.54 Å². The van der Waals surface area contributed by atoms with Crippen LogP contribution in [0.1, 0.15) is 39.0 Å². The first-order valence-corrected chi connectivity index (χ1v) is 7.59. The molecule has 20 heavy (non-hydrogen) atoms. The van der Waals surface area contributed by atoms with Gasteiger partial charge in [-0.05, 0) is 44.7 Å². The molecular formula is C16H24FN2O+. The molecule has 1 aromatic rings. The first kappa shape index (κ1) is 15.0. The van der Waals surface area contributed by atoms with Crippen LogP contribution in [0.5, 0.6) is 0 Å². The Labute approximate surface area is 120 Å². The van der Waals surface area contributed by atoms with E-state index in [1.54, 1.807) is 18.2 Å². The minimum Gasteiger partial charge on any atom is -0.325 e. The minimum absolute atomic E-state index is 0.0995. The zero-order valence-corrected chi connectivity index (χ0v) is 12.1. The number of amides is 1. The first-order chi connectivity index (χ1) is 9.70. The van der Waals surface area contributed by atoms with Gasteiger partial charge in [-0.3, -0.25) is 4.79 Å². The molecule has 1 amide bonds. The summed E-state index contributed by atoms with van der Waals surface area (Å²) in [6.07, 6.45) is 6.26. The normalized spacial score (nSPS) is 17.7. The molecule has 4 heteroatoms. The average molecular weight is 279 g/mol. The smallest absolute Gasteiger partial charge is 0.279 e. The summed E-state index contributed by atoms with van der Waals surface area (Å²) in [6.45, 7) is 3.48. The lowest BCUT2D eigenvalue weighted by Crippen LogP contribution is -3.16. The Hall–Kier alpha value is -1.42. The molecule has 0 aromatic heterocycles. The van der Waals surface area contributed by atoms with Crippen molar-refractivity contribution in [1.82, 2.24) is 0 Å². The van der Waals surface area contributed by atoms with Crippen LogP contribution in [0.3, 0.4) is 0 Å². The lowest BCUT2D eigenvalue weighted by Gasteiger charge is -2.30. The van der Waals surface area contributed by atoms with Gasteiger partial charge in [-0.15, -0.1) is 0 Å². The molecule has 0 heterocycles. The third-order valence-corrected chi connectivity index (χ3v) is 4.17. The van der Waals surface area contributed by atoms with Gasteiger partial charge in [0.05, 0.1) is 18.3 Å². The molecule has 0 radical (unpaired) electrons. The summed E-state index contributed by atoms with van der Waals surface area (Å²) < 4.78 is 13.5. The Kier molecular flexibility index (Phi) is 5.53. The largest absolute Gasteiger partial charge is 0.325 e. The number of nitrogens with one attached hydrogen (secondary N) is 2. The van der Waals surface area contributed by atoms with Crippen molar-refractivity contribution in [3.63, 3.8) is 0 Å². The number of para-hydroxylation sites is 1. The second kappa shape index (κ2) is 7.39. The zero-order chi connectivity index (χ0) is 14.4. The van der Waals surface area contributed by atoms with Gasteiger partial charge >= 0.3 is 0 Å². The van der Waals surface area contributed by atoms with Crippen molar-refractivity contribution in [3.8, 4) is 0 Å². The lowest BCUT2D eigenvalue weighted by atomic mass is 9.94. The van der Waals surface area contributed by atoms with E-state index in [0.29, 0.717) is 12.6 Å². The van der Waals surface area contributed by atoms with Gasteiger partial charge in [-0.25, -0.2) is 4.39 Å². The van der Waals surface area contributed by atoms with Crippen LogP contribution in [-0.4, -0.2) is 25.0 Å². The lowest BCUT2D eigenvalue weighted by molar-refractivity contribution is -0.917. The van der Waals surface area contributed by atoms with Crippen molar-refractivity contribution in [3.05, 3.63) is 30.1 Å². The Bertz CT molecular complexity index is 444. The van der Waals surface area contributed by atoms with Crippen LogP contribution in [-0.2, 0) is 4.79 Å². The highest BCUT2D eigenvalue weighted by Crippen LogP contribution is 2.15. The van der Waals surface area contributed by atoms with Crippen LogP contribution in [0.15, 0.2) is 24.3 Å². The highest BCUT2D eigenvalue weighted by atomic mass is 19.1. The molecule has 3 nitrogen and oxygen atoms in total. The molecule has 0 spiro atoms. The number of halogens is 1. The molecule has 0 saturated heterocycles. The minimum atomic E-state index is -0.378. The highest BCUT2D eigenvalue weighted by Gasteiger charge is 2.25. The molecule has 2 N–H and O–H groups in total. The van der Waals surface area contributed by atoms with Crippen LogP contribution in [0.2, 0.25) is 0 Å². The fraction of sp³-hybridized carbons (Fsp3) is 0.562. The van der Waals surface area contributed by atoms with E-state index < -0.39 is 0 Å².